The van der Waals surface area contributed by atoms with Crippen LogP contribution in [0.3, 0.4) is 0 Å². The van der Waals surface area contributed by atoms with Gasteiger partial charge in [-0.05, 0) is 90.7 Å². The van der Waals surface area contributed by atoms with E-state index in [1.165, 1.54) is 88.4 Å². The van der Waals surface area contributed by atoms with Gasteiger partial charge in [-0.3, -0.25) is 0 Å². The number of benzene rings is 7. The second-order valence-electron chi connectivity index (χ2n) is 14.8. The monoisotopic (exact) mass is 665 g/mol. The van der Waals surface area contributed by atoms with E-state index in [1.54, 1.807) is 0 Å². The fourth-order valence-corrected chi connectivity index (χ4v) is 9.21. The number of fused-ring (bicyclic) bond motifs is 4. The minimum Gasteiger partial charge on any atom is -0.313 e. The molecule has 0 spiro atoms. The van der Waals surface area contributed by atoms with Gasteiger partial charge < -0.3 is 4.90 Å². The molecule has 1 nitrogen and oxygen atoms in total. The van der Waals surface area contributed by atoms with Crippen molar-refractivity contribution >= 4 is 33.4 Å². The van der Waals surface area contributed by atoms with E-state index >= 15 is 0 Å². The second-order valence-corrected chi connectivity index (χ2v) is 14.8. The zero-order valence-corrected chi connectivity index (χ0v) is 29.6. The standard InChI is InChI=1S/C51H39N/c1-51(2)45-25-13-20-37-29-32-41(36-17-7-4-8-18-36)49(48(37)45)44-24-14-26-46(50(44)51)52(39-30-27-35(28-31-39)34-15-5-3-6-16-34)47-33-38-19-9-10-21-40(38)42-22-11-12-23-43(42)47/h3-32,38H,33H2,1-2H3. The molecule has 1 atom stereocenters. The first-order valence-electron chi connectivity index (χ1n) is 18.5. The fraction of sp³-hybridized carbons (Fsp3) is 0.0980. The van der Waals surface area contributed by atoms with E-state index in [2.05, 4.69) is 201 Å². The summed E-state index contributed by atoms with van der Waals surface area (Å²) in [7, 11) is 0. The van der Waals surface area contributed by atoms with Crippen molar-refractivity contribution in [3.05, 3.63) is 204 Å². The van der Waals surface area contributed by atoms with Crippen molar-refractivity contribution in [2.24, 2.45) is 5.92 Å². The molecule has 0 aliphatic heterocycles. The molecule has 0 radical (unpaired) electrons. The lowest BCUT2D eigenvalue weighted by atomic mass is 9.66. The van der Waals surface area contributed by atoms with Gasteiger partial charge in [-0.25, -0.2) is 0 Å². The molecule has 52 heavy (non-hydrogen) atoms. The topological polar surface area (TPSA) is 3.24 Å². The summed E-state index contributed by atoms with van der Waals surface area (Å²) < 4.78 is 0. The second kappa shape index (κ2) is 12.0. The molecular weight excluding hydrogens is 627 g/mol. The summed E-state index contributed by atoms with van der Waals surface area (Å²) in [6.45, 7) is 4.86. The van der Waals surface area contributed by atoms with E-state index in [4.69, 9.17) is 0 Å². The first kappa shape index (κ1) is 30.6. The van der Waals surface area contributed by atoms with E-state index in [9.17, 15) is 0 Å². The first-order chi connectivity index (χ1) is 25.6. The lowest BCUT2D eigenvalue weighted by molar-refractivity contribution is 0.645. The molecule has 0 bridgehead atoms. The zero-order valence-electron chi connectivity index (χ0n) is 29.6. The Morgan fingerprint density at radius 3 is 2.04 bits per heavy atom. The maximum Gasteiger partial charge on any atom is 0.0505 e. The lowest BCUT2D eigenvalue weighted by Gasteiger charge is -2.41. The summed E-state index contributed by atoms with van der Waals surface area (Å²) >= 11 is 0. The van der Waals surface area contributed by atoms with Crippen LogP contribution in [0.4, 0.5) is 11.4 Å². The molecule has 0 saturated heterocycles. The van der Waals surface area contributed by atoms with Gasteiger partial charge in [-0.2, -0.15) is 0 Å². The SMILES string of the molecule is CC1(C)c2c(cccc2N(C2=c3ccccc3=C3C=CC=CC3C2)c2ccc(-c3ccccc3)cc2)-c2c(-c3ccccc3)ccc3cccc1c23. The van der Waals surface area contributed by atoms with Gasteiger partial charge in [0.15, 0.2) is 0 Å². The Morgan fingerprint density at radius 1 is 0.558 bits per heavy atom. The van der Waals surface area contributed by atoms with Gasteiger partial charge in [-0.1, -0.05) is 178 Å². The first-order valence-corrected chi connectivity index (χ1v) is 18.5. The van der Waals surface area contributed by atoms with Crippen molar-refractivity contribution in [3.8, 4) is 33.4 Å². The molecule has 3 aliphatic rings. The van der Waals surface area contributed by atoms with E-state index < -0.39 is 0 Å². The summed E-state index contributed by atoms with van der Waals surface area (Å²) in [6, 6.07) is 58.4. The third-order valence-electron chi connectivity index (χ3n) is 11.6. The summed E-state index contributed by atoms with van der Waals surface area (Å²) in [4.78, 5) is 2.60. The minimum absolute atomic E-state index is 0.268. The molecule has 0 heterocycles. The maximum absolute atomic E-state index is 2.60. The van der Waals surface area contributed by atoms with Crippen molar-refractivity contribution < 1.29 is 0 Å². The molecular formula is C51H39N. The predicted molar refractivity (Wildman–Crippen MR) is 220 cm³/mol. The highest BCUT2D eigenvalue weighted by Crippen LogP contribution is 2.55. The highest BCUT2D eigenvalue weighted by atomic mass is 15.2. The van der Waals surface area contributed by atoms with Crippen molar-refractivity contribution in [2.75, 3.05) is 4.90 Å². The normalized spacial score (nSPS) is 16.3. The minimum atomic E-state index is -0.268. The van der Waals surface area contributed by atoms with Crippen molar-refractivity contribution in [1.29, 1.82) is 0 Å². The summed E-state index contributed by atoms with van der Waals surface area (Å²) in [5.41, 5.74) is 15.2. The van der Waals surface area contributed by atoms with Gasteiger partial charge in [0, 0.05) is 27.9 Å². The van der Waals surface area contributed by atoms with Crippen LogP contribution in [-0.2, 0) is 5.41 Å². The summed E-state index contributed by atoms with van der Waals surface area (Å²) in [5, 5.41) is 5.29. The number of hydrogen-bond acceptors (Lipinski definition) is 1. The number of allylic oxidation sites excluding steroid dienone is 4. The zero-order chi connectivity index (χ0) is 34.8. The Bertz CT molecular complexity index is 2710. The maximum atomic E-state index is 2.60. The Kier molecular flexibility index (Phi) is 7.05. The molecule has 0 fully saturated rings. The predicted octanol–water partition coefficient (Wildman–Crippen LogP) is 11.7. The van der Waals surface area contributed by atoms with E-state index in [0.29, 0.717) is 5.92 Å². The largest absolute Gasteiger partial charge is 0.313 e. The third kappa shape index (κ3) is 4.69. The molecule has 10 rings (SSSR count). The van der Waals surface area contributed by atoms with Crippen LogP contribution in [0.2, 0.25) is 0 Å². The van der Waals surface area contributed by atoms with Crippen LogP contribution in [0.25, 0.3) is 55.4 Å². The molecule has 1 unspecified atom stereocenters. The Morgan fingerprint density at radius 2 is 1.25 bits per heavy atom. The molecule has 1 heteroatoms. The Labute approximate surface area is 305 Å². The summed E-state index contributed by atoms with van der Waals surface area (Å²) in [6.07, 6.45) is 10.0. The molecule has 0 amide bonds. The average molecular weight is 666 g/mol. The number of nitrogens with zero attached hydrogens (tertiary/aromatic N) is 1. The number of hydrogen-bond donors (Lipinski definition) is 0. The van der Waals surface area contributed by atoms with Gasteiger partial charge in [0.2, 0.25) is 0 Å². The average Bonchev–Trinajstić information content (AvgIpc) is 3.21. The van der Waals surface area contributed by atoms with Crippen molar-refractivity contribution in [1.82, 2.24) is 0 Å². The lowest BCUT2D eigenvalue weighted by Crippen LogP contribution is -2.40. The van der Waals surface area contributed by atoms with Crippen LogP contribution in [0.15, 0.2) is 182 Å². The van der Waals surface area contributed by atoms with Crippen LogP contribution in [0, 0.1) is 5.92 Å². The molecule has 0 aromatic heterocycles. The number of rotatable bonds is 5. The van der Waals surface area contributed by atoms with Gasteiger partial charge in [-0.15, -0.1) is 0 Å². The molecule has 7 aromatic carbocycles. The molecule has 7 aromatic rings. The van der Waals surface area contributed by atoms with Crippen LogP contribution in [0.5, 0.6) is 0 Å². The smallest absolute Gasteiger partial charge is 0.0505 e. The van der Waals surface area contributed by atoms with Crippen molar-refractivity contribution in [3.63, 3.8) is 0 Å². The molecule has 3 aliphatic carbocycles. The van der Waals surface area contributed by atoms with Gasteiger partial charge in [0.25, 0.3) is 0 Å². The Hall–Kier alpha value is -6.18. The molecule has 0 N–H and O–H groups in total. The van der Waals surface area contributed by atoms with Crippen LogP contribution in [-0.4, -0.2) is 0 Å². The quantitative estimate of drug-likeness (QED) is 0.177. The van der Waals surface area contributed by atoms with E-state index in [1.807, 2.05) is 0 Å². The molecule has 248 valence electrons. The van der Waals surface area contributed by atoms with Crippen LogP contribution < -0.4 is 15.3 Å². The highest BCUT2D eigenvalue weighted by Gasteiger charge is 2.39. The summed E-state index contributed by atoms with van der Waals surface area (Å²) in [5.74, 6) is 0.313. The van der Waals surface area contributed by atoms with Gasteiger partial charge in [0.05, 0.1) is 5.69 Å². The molecule has 0 saturated carbocycles. The number of anilines is 2. The fourth-order valence-electron chi connectivity index (χ4n) is 9.21. The van der Waals surface area contributed by atoms with Gasteiger partial charge in [0.1, 0.15) is 0 Å². The third-order valence-corrected chi connectivity index (χ3v) is 11.6. The van der Waals surface area contributed by atoms with E-state index in [-0.39, 0.29) is 5.41 Å². The Balaban J connectivity index is 1.29. The van der Waals surface area contributed by atoms with Crippen molar-refractivity contribution in [2.45, 2.75) is 25.7 Å². The van der Waals surface area contributed by atoms with Gasteiger partial charge >= 0.3 is 0 Å². The van der Waals surface area contributed by atoms with Crippen LogP contribution >= 0.6 is 0 Å². The van der Waals surface area contributed by atoms with Crippen LogP contribution in [0.1, 0.15) is 31.4 Å². The van der Waals surface area contributed by atoms with E-state index in [0.717, 1.165) is 6.42 Å². The highest BCUT2D eigenvalue weighted by molar-refractivity contribution is 6.10.